The van der Waals surface area contributed by atoms with Crippen LogP contribution in [0.2, 0.25) is 10.0 Å². The fourth-order valence-electron chi connectivity index (χ4n) is 1.47. The molecule has 98 valence electrons. The van der Waals surface area contributed by atoms with Crippen molar-refractivity contribution >= 4 is 50.9 Å². The molecule has 19 heavy (non-hydrogen) atoms. The van der Waals surface area contributed by atoms with Gasteiger partial charge in [-0.3, -0.25) is 4.79 Å². The van der Waals surface area contributed by atoms with E-state index in [-0.39, 0.29) is 12.3 Å². The molecule has 2 rings (SSSR count). The molecule has 1 heterocycles. The zero-order valence-corrected chi connectivity index (χ0v) is 12.8. The average molecular weight is 360 g/mol. The number of amides is 1. The number of hydrogen-bond donors (Lipinski definition) is 1. The largest absolute Gasteiger partial charge is 0.310 e. The summed E-state index contributed by atoms with van der Waals surface area (Å²) in [6.45, 7) is 0. The summed E-state index contributed by atoms with van der Waals surface area (Å²) in [5.41, 5.74) is 0.795. The Morgan fingerprint density at radius 1 is 1.21 bits per heavy atom. The highest BCUT2D eigenvalue weighted by atomic mass is 79.9. The molecular weight excluding hydrogens is 351 g/mol. The summed E-state index contributed by atoms with van der Waals surface area (Å²) in [7, 11) is 0. The summed E-state index contributed by atoms with van der Waals surface area (Å²) in [5, 5.41) is 3.62. The Hall–Kier alpha value is -1.10. The zero-order chi connectivity index (χ0) is 13.8. The van der Waals surface area contributed by atoms with Gasteiger partial charge < -0.3 is 5.32 Å². The van der Waals surface area contributed by atoms with Gasteiger partial charge in [0.1, 0.15) is 5.82 Å². The third-order valence-corrected chi connectivity index (χ3v) is 3.55. The number of benzene rings is 1. The second-order valence-corrected chi connectivity index (χ2v) is 5.57. The van der Waals surface area contributed by atoms with Gasteiger partial charge in [0.25, 0.3) is 0 Å². The Balaban J connectivity index is 2.01. The molecule has 0 atom stereocenters. The van der Waals surface area contributed by atoms with E-state index in [1.807, 2.05) is 6.07 Å². The van der Waals surface area contributed by atoms with Crippen LogP contribution in [0.25, 0.3) is 0 Å². The molecule has 1 amide bonds. The van der Waals surface area contributed by atoms with Gasteiger partial charge in [-0.1, -0.05) is 29.3 Å². The predicted octanol–water partition coefficient (Wildman–Crippen LogP) is 4.33. The van der Waals surface area contributed by atoms with Crippen molar-refractivity contribution in [1.82, 2.24) is 4.98 Å². The summed E-state index contributed by atoms with van der Waals surface area (Å²) in [6, 6.07) is 8.64. The number of carbonyl (C=O) groups is 1. The number of nitrogens with zero attached hydrogens (tertiary/aromatic N) is 1. The van der Waals surface area contributed by atoms with Crippen LogP contribution in [0.3, 0.4) is 0 Å². The molecule has 0 aliphatic heterocycles. The van der Waals surface area contributed by atoms with Gasteiger partial charge in [0.2, 0.25) is 5.91 Å². The van der Waals surface area contributed by atoms with E-state index < -0.39 is 0 Å². The van der Waals surface area contributed by atoms with Crippen LogP contribution in [-0.4, -0.2) is 10.9 Å². The summed E-state index contributed by atoms with van der Waals surface area (Å²) < 4.78 is 0.856. The first-order valence-corrected chi connectivity index (χ1v) is 6.95. The minimum atomic E-state index is -0.159. The lowest BCUT2D eigenvalue weighted by Crippen LogP contribution is -2.15. The quantitative estimate of drug-likeness (QED) is 0.885. The Morgan fingerprint density at radius 2 is 2.00 bits per heavy atom. The molecule has 0 aliphatic carbocycles. The van der Waals surface area contributed by atoms with Crippen molar-refractivity contribution in [3.63, 3.8) is 0 Å². The lowest BCUT2D eigenvalue weighted by molar-refractivity contribution is -0.115. The topological polar surface area (TPSA) is 42.0 Å². The molecule has 2 aromatic rings. The maximum absolute atomic E-state index is 11.8. The third kappa shape index (κ3) is 4.20. The van der Waals surface area contributed by atoms with Crippen LogP contribution in [-0.2, 0) is 11.2 Å². The maximum Gasteiger partial charge on any atom is 0.229 e. The molecule has 0 saturated heterocycles. The molecule has 1 aromatic heterocycles. The number of pyridine rings is 1. The van der Waals surface area contributed by atoms with Crippen LogP contribution in [0.1, 0.15) is 5.56 Å². The molecule has 0 saturated carbocycles. The van der Waals surface area contributed by atoms with Crippen LogP contribution in [0, 0.1) is 0 Å². The standard InChI is InChI=1S/C13H9BrCl2N2O/c14-9-2-4-12(17-7-9)18-13(19)6-8-1-3-10(15)11(16)5-8/h1-5,7H,6H2,(H,17,18,19). The molecule has 0 spiro atoms. The molecule has 1 aromatic carbocycles. The van der Waals surface area contributed by atoms with Crippen molar-refractivity contribution in [2.45, 2.75) is 6.42 Å². The van der Waals surface area contributed by atoms with Crippen molar-refractivity contribution in [2.75, 3.05) is 5.32 Å². The molecular formula is C13H9BrCl2N2O. The average Bonchev–Trinajstić information content (AvgIpc) is 2.37. The van der Waals surface area contributed by atoms with E-state index in [1.165, 1.54) is 0 Å². The fraction of sp³-hybridized carbons (Fsp3) is 0.0769. The molecule has 1 N–H and O–H groups in total. The van der Waals surface area contributed by atoms with Gasteiger partial charge in [0, 0.05) is 10.7 Å². The molecule has 6 heteroatoms. The number of carbonyl (C=O) groups excluding carboxylic acids is 1. The first-order chi connectivity index (χ1) is 9.04. The molecule has 0 bridgehead atoms. The first kappa shape index (κ1) is 14.3. The van der Waals surface area contributed by atoms with Gasteiger partial charge in [-0.05, 0) is 45.8 Å². The number of rotatable bonds is 3. The van der Waals surface area contributed by atoms with Crippen LogP contribution in [0.5, 0.6) is 0 Å². The van der Waals surface area contributed by atoms with Gasteiger partial charge in [-0.25, -0.2) is 4.98 Å². The normalized spacial score (nSPS) is 10.3. The number of aromatic nitrogens is 1. The smallest absolute Gasteiger partial charge is 0.229 e. The molecule has 0 radical (unpaired) electrons. The molecule has 0 fully saturated rings. The minimum Gasteiger partial charge on any atom is -0.310 e. The van der Waals surface area contributed by atoms with Crippen LogP contribution < -0.4 is 5.32 Å². The monoisotopic (exact) mass is 358 g/mol. The zero-order valence-electron chi connectivity index (χ0n) is 9.66. The molecule has 3 nitrogen and oxygen atoms in total. The van der Waals surface area contributed by atoms with Gasteiger partial charge >= 0.3 is 0 Å². The van der Waals surface area contributed by atoms with Gasteiger partial charge in [-0.15, -0.1) is 0 Å². The second kappa shape index (κ2) is 6.37. The van der Waals surface area contributed by atoms with Crippen LogP contribution in [0.4, 0.5) is 5.82 Å². The van der Waals surface area contributed by atoms with Crippen molar-refractivity contribution in [2.24, 2.45) is 0 Å². The third-order valence-electron chi connectivity index (χ3n) is 2.34. The highest BCUT2D eigenvalue weighted by Crippen LogP contribution is 2.22. The highest BCUT2D eigenvalue weighted by molar-refractivity contribution is 9.10. The van der Waals surface area contributed by atoms with E-state index in [0.717, 1.165) is 10.0 Å². The minimum absolute atomic E-state index is 0.159. The number of anilines is 1. The van der Waals surface area contributed by atoms with E-state index in [1.54, 1.807) is 30.5 Å². The van der Waals surface area contributed by atoms with Crippen LogP contribution >= 0.6 is 39.1 Å². The van der Waals surface area contributed by atoms with E-state index in [9.17, 15) is 4.79 Å². The second-order valence-electron chi connectivity index (χ2n) is 3.84. The van der Waals surface area contributed by atoms with Gasteiger partial charge in [-0.2, -0.15) is 0 Å². The fourth-order valence-corrected chi connectivity index (χ4v) is 2.03. The Morgan fingerprint density at radius 3 is 2.63 bits per heavy atom. The van der Waals surface area contributed by atoms with E-state index in [2.05, 4.69) is 26.2 Å². The maximum atomic E-state index is 11.8. The summed E-state index contributed by atoms with van der Waals surface area (Å²) in [5.74, 6) is 0.349. The number of nitrogens with one attached hydrogen (secondary N) is 1. The lowest BCUT2D eigenvalue weighted by atomic mass is 10.1. The van der Waals surface area contributed by atoms with Crippen molar-refractivity contribution in [3.05, 3.63) is 56.6 Å². The Labute approximate surface area is 129 Å². The lowest BCUT2D eigenvalue weighted by Gasteiger charge is -2.05. The Bertz CT molecular complexity index is 602. The SMILES string of the molecule is O=C(Cc1ccc(Cl)c(Cl)c1)Nc1ccc(Br)cn1. The number of hydrogen-bond acceptors (Lipinski definition) is 2. The van der Waals surface area contributed by atoms with E-state index in [0.29, 0.717) is 15.9 Å². The van der Waals surface area contributed by atoms with Crippen molar-refractivity contribution in [1.29, 1.82) is 0 Å². The first-order valence-electron chi connectivity index (χ1n) is 5.40. The molecule has 0 unspecified atom stereocenters. The summed E-state index contributed by atoms with van der Waals surface area (Å²) in [4.78, 5) is 15.9. The van der Waals surface area contributed by atoms with Gasteiger partial charge in [0.15, 0.2) is 0 Å². The predicted molar refractivity (Wildman–Crippen MR) is 80.7 cm³/mol. The summed E-state index contributed by atoms with van der Waals surface area (Å²) >= 11 is 15.0. The van der Waals surface area contributed by atoms with E-state index >= 15 is 0 Å². The van der Waals surface area contributed by atoms with Crippen molar-refractivity contribution < 1.29 is 4.79 Å². The van der Waals surface area contributed by atoms with E-state index in [4.69, 9.17) is 23.2 Å². The number of halogens is 3. The molecule has 0 aliphatic rings. The highest BCUT2D eigenvalue weighted by Gasteiger charge is 2.06. The Kier molecular flexibility index (Phi) is 4.80. The van der Waals surface area contributed by atoms with Crippen LogP contribution in [0.15, 0.2) is 41.0 Å². The summed E-state index contributed by atoms with van der Waals surface area (Å²) in [6.07, 6.45) is 1.84. The van der Waals surface area contributed by atoms with Gasteiger partial charge in [0.05, 0.1) is 16.5 Å². The van der Waals surface area contributed by atoms with Crippen molar-refractivity contribution in [3.8, 4) is 0 Å².